The summed E-state index contributed by atoms with van der Waals surface area (Å²) in [6, 6.07) is 3.01. The summed E-state index contributed by atoms with van der Waals surface area (Å²) in [5.41, 5.74) is 6.59. The number of aromatic nitrogens is 3. The van der Waals surface area contributed by atoms with Crippen molar-refractivity contribution in [2.45, 2.75) is 23.9 Å². The molecule has 0 aliphatic carbocycles. The van der Waals surface area contributed by atoms with Crippen molar-refractivity contribution in [2.24, 2.45) is 0 Å². The van der Waals surface area contributed by atoms with Crippen LogP contribution in [0.15, 0.2) is 22.2 Å². The van der Waals surface area contributed by atoms with Gasteiger partial charge in [-0.2, -0.15) is 0 Å². The summed E-state index contributed by atoms with van der Waals surface area (Å²) in [5, 5.41) is 8.55. The number of aryl methyl sites for hydroxylation is 1. The average molecular weight is 328 g/mol. The van der Waals surface area contributed by atoms with E-state index in [-0.39, 0.29) is 6.61 Å². The first-order valence-corrected chi connectivity index (χ1v) is 7.24. The van der Waals surface area contributed by atoms with Crippen molar-refractivity contribution in [2.75, 3.05) is 18.2 Å². The third kappa shape index (κ3) is 3.22. The van der Waals surface area contributed by atoms with Crippen LogP contribution in [0.3, 0.4) is 0 Å². The highest BCUT2D eigenvalue weighted by Gasteiger charge is 2.17. The van der Waals surface area contributed by atoms with E-state index in [1.807, 2.05) is 0 Å². The Morgan fingerprint density at radius 2 is 2.19 bits per heavy atom. The van der Waals surface area contributed by atoms with Crippen molar-refractivity contribution in [3.8, 4) is 0 Å². The van der Waals surface area contributed by atoms with E-state index in [1.165, 1.54) is 28.6 Å². The zero-order valence-electron chi connectivity index (χ0n) is 11.5. The molecule has 1 aromatic carbocycles. The Labute approximate surface area is 130 Å². The number of esters is 1. The van der Waals surface area contributed by atoms with E-state index < -0.39 is 5.97 Å². The Balaban J connectivity index is 2.33. The van der Waals surface area contributed by atoms with E-state index in [0.29, 0.717) is 32.1 Å². The lowest BCUT2D eigenvalue weighted by molar-refractivity contribution is 0.0526. The number of nitrogen functional groups attached to an aromatic ring is 2. The third-order valence-corrected chi connectivity index (χ3v) is 4.14. The predicted octanol–water partition coefficient (Wildman–Crippen LogP) is 1.86. The molecule has 0 unspecified atom stereocenters. The molecule has 0 aliphatic rings. The number of carbonyl (C=O) groups excluding carboxylic acids is 1. The summed E-state index contributed by atoms with van der Waals surface area (Å²) in [7, 11) is 0. The van der Waals surface area contributed by atoms with Crippen molar-refractivity contribution >= 4 is 35.0 Å². The van der Waals surface area contributed by atoms with Crippen molar-refractivity contribution in [1.82, 2.24) is 14.9 Å². The molecule has 0 bridgehead atoms. The van der Waals surface area contributed by atoms with E-state index in [4.69, 9.17) is 27.9 Å². The van der Waals surface area contributed by atoms with Gasteiger partial charge in [-0.25, -0.2) is 9.47 Å². The molecule has 0 fully saturated rings. The van der Waals surface area contributed by atoms with Crippen LogP contribution in [0.1, 0.15) is 23.1 Å². The number of halogens is 1. The number of hydrogen-bond acceptors (Lipinski definition) is 7. The Hall–Kier alpha value is -1.93. The average Bonchev–Trinajstić information content (AvgIpc) is 2.74. The summed E-state index contributed by atoms with van der Waals surface area (Å²) >= 11 is 7.36. The monoisotopic (exact) mass is 327 g/mol. The Kier molecular flexibility index (Phi) is 4.59. The highest BCUT2D eigenvalue weighted by atomic mass is 35.5. The lowest BCUT2D eigenvalue weighted by Crippen LogP contribution is -2.11. The van der Waals surface area contributed by atoms with E-state index >= 15 is 0 Å². The smallest absolute Gasteiger partial charge is 0.338 e. The largest absolute Gasteiger partial charge is 0.462 e. The van der Waals surface area contributed by atoms with Gasteiger partial charge < -0.3 is 16.3 Å². The van der Waals surface area contributed by atoms with Crippen LogP contribution in [0.5, 0.6) is 0 Å². The number of rotatable bonds is 4. The fourth-order valence-electron chi connectivity index (χ4n) is 1.57. The van der Waals surface area contributed by atoms with Crippen LogP contribution >= 0.6 is 23.4 Å². The molecule has 9 heteroatoms. The molecule has 0 amide bonds. The maximum atomic E-state index is 11.7. The summed E-state index contributed by atoms with van der Waals surface area (Å²) < 4.78 is 6.25. The zero-order valence-corrected chi connectivity index (χ0v) is 13.0. The molecule has 0 saturated heterocycles. The molecule has 0 radical (unpaired) electrons. The SMILES string of the molecule is CCOC(=O)c1cc(N)c(Sc2nnc(C)n2N)c(Cl)c1. The molecule has 2 aromatic rings. The molecule has 0 atom stereocenters. The number of hydrogen-bond donors (Lipinski definition) is 2. The molecule has 1 heterocycles. The van der Waals surface area contributed by atoms with E-state index in [1.54, 1.807) is 13.8 Å². The molecule has 21 heavy (non-hydrogen) atoms. The van der Waals surface area contributed by atoms with Gasteiger partial charge in [-0.1, -0.05) is 11.6 Å². The second-order valence-corrected chi connectivity index (χ2v) is 5.48. The number of anilines is 1. The molecule has 0 aliphatic heterocycles. The topological polar surface area (TPSA) is 109 Å². The number of nitrogens with two attached hydrogens (primary N) is 2. The molecule has 2 rings (SSSR count). The number of benzene rings is 1. The highest BCUT2D eigenvalue weighted by Crippen LogP contribution is 2.37. The summed E-state index contributed by atoms with van der Waals surface area (Å²) in [6.45, 7) is 3.73. The molecule has 0 saturated carbocycles. The van der Waals surface area contributed by atoms with Gasteiger partial charge in [0.25, 0.3) is 0 Å². The van der Waals surface area contributed by atoms with Gasteiger partial charge in [-0.3, -0.25) is 0 Å². The van der Waals surface area contributed by atoms with Crippen LogP contribution < -0.4 is 11.6 Å². The van der Waals surface area contributed by atoms with Crippen molar-refractivity contribution < 1.29 is 9.53 Å². The van der Waals surface area contributed by atoms with Crippen molar-refractivity contribution in [3.63, 3.8) is 0 Å². The van der Waals surface area contributed by atoms with Crippen LogP contribution in [0.25, 0.3) is 0 Å². The summed E-state index contributed by atoms with van der Waals surface area (Å²) in [4.78, 5) is 12.2. The minimum absolute atomic E-state index is 0.280. The van der Waals surface area contributed by atoms with Gasteiger partial charge in [0.2, 0.25) is 5.16 Å². The van der Waals surface area contributed by atoms with E-state index in [0.717, 1.165) is 0 Å². The molecule has 7 nitrogen and oxygen atoms in total. The van der Waals surface area contributed by atoms with E-state index in [2.05, 4.69) is 10.2 Å². The maximum Gasteiger partial charge on any atom is 0.338 e. The second kappa shape index (κ2) is 6.23. The lowest BCUT2D eigenvalue weighted by atomic mass is 10.2. The van der Waals surface area contributed by atoms with Gasteiger partial charge in [0.1, 0.15) is 5.82 Å². The number of carbonyl (C=O) groups is 1. The van der Waals surface area contributed by atoms with Gasteiger partial charge in [-0.05, 0) is 37.7 Å². The third-order valence-electron chi connectivity index (χ3n) is 2.61. The summed E-state index contributed by atoms with van der Waals surface area (Å²) in [6.07, 6.45) is 0. The first-order chi connectivity index (χ1) is 9.93. The molecule has 112 valence electrons. The van der Waals surface area contributed by atoms with Gasteiger partial charge in [0.05, 0.1) is 22.1 Å². The maximum absolute atomic E-state index is 11.7. The van der Waals surface area contributed by atoms with E-state index in [9.17, 15) is 4.79 Å². The Morgan fingerprint density at radius 1 is 1.48 bits per heavy atom. The molecule has 1 aromatic heterocycles. The van der Waals surface area contributed by atoms with Gasteiger partial charge in [-0.15, -0.1) is 10.2 Å². The molecule has 0 spiro atoms. The van der Waals surface area contributed by atoms with Gasteiger partial charge in [0, 0.05) is 5.69 Å². The van der Waals surface area contributed by atoms with Crippen LogP contribution in [0.2, 0.25) is 5.02 Å². The van der Waals surface area contributed by atoms with Crippen LogP contribution in [-0.2, 0) is 4.74 Å². The highest BCUT2D eigenvalue weighted by molar-refractivity contribution is 7.99. The predicted molar refractivity (Wildman–Crippen MR) is 80.9 cm³/mol. The standard InChI is InChI=1S/C12H14ClN5O2S/c1-3-20-11(19)7-4-8(13)10(9(14)5-7)21-12-17-16-6(2)18(12)15/h4-5H,3,14-15H2,1-2H3. The fraction of sp³-hybridized carbons (Fsp3) is 0.250. The molecular weight excluding hydrogens is 314 g/mol. The van der Waals surface area contributed by atoms with Crippen LogP contribution in [0.4, 0.5) is 5.69 Å². The van der Waals surface area contributed by atoms with Crippen LogP contribution in [0, 0.1) is 6.92 Å². The fourth-order valence-corrected chi connectivity index (χ4v) is 2.74. The van der Waals surface area contributed by atoms with Crippen LogP contribution in [-0.4, -0.2) is 27.4 Å². The lowest BCUT2D eigenvalue weighted by Gasteiger charge is -2.10. The first kappa shape index (κ1) is 15.5. The quantitative estimate of drug-likeness (QED) is 0.501. The Bertz CT molecular complexity index is 665. The molecule has 4 N–H and O–H groups in total. The minimum atomic E-state index is -0.472. The minimum Gasteiger partial charge on any atom is -0.462 e. The normalized spacial score (nSPS) is 10.6. The molecular formula is C12H14ClN5O2S. The summed E-state index contributed by atoms with van der Waals surface area (Å²) in [5.74, 6) is 5.87. The second-order valence-electron chi connectivity index (χ2n) is 4.10. The Morgan fingerprint density at radius 3 is 2.71 bits per heavy atom. The van der Waals surface area contributed by atoms with Gasteiger partial charge >= 0.3 is 5.97 Å². The first-order valence-electron chi connectivity index (χ1n) is 6.05. The van der Waals surface area contributed by atoms with Crippen molar-refractivity contribution in [1.29, 1.82) is 0 Å². The zero-order chi connectivity index (χ0) is 15.6. The number of nitrogens with zero attached hydrogens (tertiary/aromatic N) is 3. The van der Waals surface area contributed by atoms with Gasteiger partial charge in [0.15, 0.2) is 0 Å². The number of ether oxygens (including phenoxy) is 1. The van der Waals surface area contributed by atoms with Crippen molar-refractivity contribution in [3.05, 3.63) is 28.5 Å².